The van der Waals surface area contributed by atoms with E-state index in [2.05, 4.69) is 12.2 Å². The van der Waals surface area contributed by atoms with Crippen LogP contribution in [0.5, 0.6) is 0 Å². The molecule has 1 saturated carbocycles. The summed E-state index contributed by atoms with van der Waals surface area (Å²) < 4.78 is 38.1. The summed E-state index contributed by atoms with van der Waals surface area (Å²) in [6.07, 6.45) is 1.33. The molecule has 20 heavy (non-hydrogen) atoms. The molecule has 0 radical (unpaired) electrons. The van der Waals surface area contributed by atoms with E-state index in [4.69, 9.17) is 0 Å². The molecule has 0 aromatic heterocycles. The highest BCUT2D eigenvalue weighted by Gasteiger charge is 2.39. The molecule has 120 valence electrons. The number of alkyl halides is 3. The van der Waals surface area contributed by atoms with Gasteiger partial charge in [0, 0.05) is 19.1 Å². The van der Waals surface area contributed by atoms with E-state index in [0.29, 0.717) is 6.54 Å². The van der Waals surface area contributed by atoms with E-state index in [-0.39, 0.29) is 11.5 Å². The van der Waals surface area contributed by atoms with E-state index in [1.165, 1.54) is 0 Å². The number of hydrogen-bond donors (Lipinski definition) is 1. The van der Waals surface area contributed by atoms with Crippen molar-refractivity contribution in [2.24, 2.45) is 5.41 Å². The van der Waals surface area contributed by atoms with Gasteiger partial charge < -0.3 is 5.32 Å². The zero-order valence-electron chi connectivity index (χ0n) is 13.0. The monoisotopic (exact) mass is 294 g/mol. The van der Waals surface area contributed by atoms with Crippen molar-refractivity contribution in [3.63, 3.8) is 0 Å². The van der Waals surface area contributed by atoms with Gasteiger partial charge in [-0.15, -0.1) is 0 Å². The topological polar surface area (TPSA) is 15.3 Å². The zero-order chi connectivity index (χ0) is 15.2. The van der Waals surface area contributed by atoms with Crippen LogP contribution in [0.2, 0.25) is 0 Å². The molecule has 1 aliphatic carbocycles. The Balaban J connectivity index is 2.65. The number of hydrogen-bond acceptors (Lipinski definition) is 2. The molecule has 2 nitrogen and oxygen atoms in total. The van der Waals surface area contributed by atoms with Crippen LogP contribution in [0, 0.1) is 5.41 Å². The van der Waals surface area contributed by atoms with Crippen LogP contribution in [-0.4, -0.2) is 43.3 Å². The predicted molar refractivity (Wildman–Crippen MR) is 76.8 cm³/mol. The molecule has 1 rings (SSSR count). The molecule has 0 saturated heterocycles. The van der Waals surface area contributed by atoms with Gasteiger partial charge in [0.2, 0.25) is 0 Å². The smallest absolute Gasteiger partial charge is 0.316 e. The van der Waals surface area contributed by atoms with Gasteiger partial charge in [0.25, 0.3) is 0 Å². The van der Waals surface area contributed by atoms with Gasteiger partial charge in [-0.05, 0) is 45.1 Å². The van der Waals surface area contributed by atoms with Crippen molar-refractivity contribution in [2.45, 2.75) is 65.1 Å². The second kappa shape index (κ2) is 7.64. The Hall–Kier alpha value is -0.290. The van der Waals surface area contributed by atoms with Crippen molar-refractivity contribution in [2.75, 3.05) is 26.2 Å². The average Bonchev–Trinajstić information content (AvgIpc) is 2.76. The van der Waals surface area contributed by atoms with Gasteiger partial charge in [0.15, 0.2) is 0 Å². The summed E-state index contributed by atoms with van der Waals surface area (Å²) in [6.45, 7) is 7.38. The van der Waals surface area contributed by atoms with Gasteiger partial charge in [-0.2, -0.15) is 13.2 Å². The lowest BCUT2D eigenvalue weighted by Crippen LogP contribution is -2.48. The fourth-order valence-corrected chi connectivity index (χ4v) is 3.13. The highest BCUT2D eigenvalue weighted by atomic mass is 19.4. The second-order valence-corrected chi connectivity index (χ2v) is 6.50. The van der Waals surface area contributed by atoms with Crippen LogP contribution >= 0.6 is 0 Å². The molecule has 0 heterocycles. The highest BCUT2D eigenvalue weighted by Crippen LogP contribution is 2.39. The maximum absolute atomic E-state index is 12.7. The molecule has 0 aromatic rings. The molecule has 0 spiro atoms. The largest absolute Gasteiger partial charge is 0.401 e. The van der Waals surface area contributed by atoms with Crippen molar-refractivity contribution in [3.05, 3.63) is 0 Å². The molecule has 5 heteroatoms. The zero-order valence-corrected chi connectivity index (χ0v) is 13.0. The van der Waals surface area contributed by atoms with Crippen LogP contribution in [0.25, 0.3) is 0 Å². The normalized spacial score (nSPS) is 19.2. The molecule has 0 aromatic carbocycles. The van der Waals surface area contributed by atoms with Crippen molar-refractivity contribution in [3.8, 4) is 0 Å². The van der Waals surface area contributed by atoms with Crippen molar-refractivity contribution < 1.29 is 13.2 Å². The van der Waals surface area contributed by atoms with E-state index in [0.717, 1.165) is 45.2 Å². The predicted octanol–water partition coefficient (Wildman–Crippen LogP) is 3.82. The third kappa shape index (κ3) is 6.00. The third-order valence-electron chi connectivity index (χ3n) is 4.24. The second-order valence-electron chi connectivity index (χ2n) is 6.50. The van der Waals surface area contributed by atoms with Crippen LogP contribution in [0.4, 0.5) is 13.2 Å². The van der Waals surface area contributed by atoms with Crippen LogP contribution in [0.3, 0.4) is 0 Å². The van der Waals surface area contributed by atoms with Crippen molar-refractivity contribution in [1.82, 2.24) is 10.2 Å². The van der Waals surface area contributed by atoms with Crippen LogP contribution in [0.15, 0.2) is 0 Å². The fourth-order valence-electron chi connectivity index (χ4n) is 3.13. The fraction of sp³-hybridized carbons (Fsp3) is 1.00. The molecular weight excluding hydrogens is 265 g/mol. The standard InChI is InChI=1S/C15H29F3N2/c1-4-9-19-10-14(7-5-6-8-14)11-20(13(2)3)12-15(16,17)18/h13,19H,4-12H2,1-3H3. The molecule has 0 amide bonds. The first-order valence-electron chi connectivity index (χ1n) is 7.79. The maximum atomic E-state index is 12.7. The summed E-state index contributed by atoms with van der Waals surface area (Å²) in [5.41, 5.74) is 0.0324. The first-order chi connectivity index (χ1) is 9.28. The van der Waals surface area contributed by atoms with Gasteiger partial charge >= 0.3 is 6.18 Å². The van der Waals surface area contributed by atoms with Crippen LogP contribution in [0.1, 0.15) is 52.9 Å². The minimum Gasteiger partial charge on any atom is -0.316 e. The lowest BCUT2D eigenvalue weighted by Gasteiger charge is -2.38. The summed E-state index contributed by atoms with van der Waals surface area (Å²) in [5.74, 6) is 0. The third-order valence-corrected chi connectivity index (χ3v) is 4.24. The quantitative estimate of drug-likeness (QED) is 0.685. The Morgan fingerprint density at radius 1 is 1.20 bits per heavy atom. The van der Waals surface area contributed by atoms with E-state index >= 15 is 0 Å². The summed E-state index contributed by atoms with van der Waals surface area (Å²) in [4.78, 5) is 1.60. The summed E-state index contributed by atoms with van der Waals surface area (Å²) in [7, 11) is 0. The first kappa shape index (κ1) is 17.8. The lowest BCUT2D eigenvalue weighted by atomic mass is 9.85. The Labute approximate surface area is 121 Å². The first-order valence-corrected chi connectivity index (χ1v) is 7.79. The number of halogens is 3. The van der Waals surface area contributed by atoms with E-state index in [1.807, 2.05) is 13.8 Å². The average molecular weight is 294 g/mol. The van der Waals surface area contributed by atoms with Crippen molar-refractivity contribution >= 4 is 0 Å². The van der Waals surface area contributed by atoms with Gasteiger partial charge in [-0.1, -0.05) is 19.8 Å². The van der Waals surface area contributed by atoms with Crippen LogP contribution < -0.4 is 5.32 Å². The molecule has 1 aliphatic rings. The Kier molecular flexibility index (Phi) is 6.79. The van der Waals surface area contributed by atoms with Crippen LogP contribution in [-0.2, 0) is 0 Å². The van der Waals surface area contributed by atoms with E-state index in [1.54, 1.807) is 4.90 Å². The molecular formula is C15H29F3N2. The van der Waals surface area contributed by atoms with Gasteiger partial charge in [0.05, 0.1) is 6.54 Å². The molecule has 0 atom stereocenters. The minimum absolute atomic E-state index is 0.0324. The number of nitrogens with zero attached hydrogens (tertiary/aromatic N) is 1. The summed E-state index contributed by atoms with van der Waals surface area (Å²) in [6, 6.07) is -0.0692. The minimum atomic E-state index is -4.11. The van der Waals surface area contributed by atoms with Gasteiger partial charge in [-0.3, -0.25) is 4.90 Å². The maximum Gasteiger partial charge on any atom is 0.401 e. The number of rotatable bonds is 8. The molecule has 0 bridgehead atoms. The Morgan fingerprint density at radius 2 is 1.80 bits per heavy atom. The molecule has 0 unspecified atom stereocenters. The van der Waals surface area contributed by atoms with Gasteiger partial charge in [0.1, 0.15) is 0 Å². The summed E-state index contributed by atoms with van der Waals surface area (Å²) >= 11 is 0. The Morgan fingerprint density at radius 3 is 2.25 bits per heavy atom. The molecule has 1 N–H and O–H groups in total. The summed E-state index contributed by atoms with van der Waals surface area (Å²) in [5, 5.41) is 3.42. The lowest BCUT2D eigenvalue weighted by molar-refractivity contribution is -0.153. The SMILES string of the molecule is CCCNCC1(CN(CC(F)(F)F)C(C)C)CCCC1. The molecule has 0 aliphatic heterocycles. The van der Waals surface area contributed by atoms with E-state index in [9.17, 15) is 13.2 Å². The van der Waals surface area contributed by atoms with Crippen molar-refractivity contribution in [1.29, 1.82) is 0 Å². The number of nitrogens with one attached hydrogen (secondary N) is 1. The van der Waals surface area contributed by atoms with E-state index < -0.39 is 12.7 Å². The van der Waals surface area contributed by atoms with Gasteiger partial charge in [-0.25, -0.2) is 0 Å². The highest BCUT2D eigenvalue weighted by molar-refractivity contribution is 4.90. The Bertz CT molecular complexity index is 271. The molecule has 1 fully saturated rings.